The molecule has 2 N–H and O–H groups in total. The van der Waals surface area contributed by atoms with Crippen LogP contribution in [0.2, 0.25) is 0 Å². The smallest absolute Gasteiger partial charge is 0.250 e. The molecule has 5 heteroatoms. The number of carbonyl (C=O) groups is 1. The Bertz CT molecular complexity index is 259. The summed E-state index contributed by atoms with van der Waals surface area (Å²) in [7, 11) is 0. The van der Waals surface area contributed by atoms with Gasteiger partial charge in [-0.3, -0.25) is 4.79 Å². The summed E-state index contributed by atoms with van der Waals surface area (Å²) < 4.78 is 25.6. The number of halogens is 2. The fraction of sp³-hybridized carbons (Fsp3) is 0.750. The Morgan fingerprint density at radius 2 is 2.23 bits per heavy atom. The lowest BCUT2D eigenvalue weighted by atomic mass is 9.93. The first-order chi connectivity index (χ1) is 6.00. The topological polar surface area (TPSA) is 66.9 Å². The minimum Gasteiger partial charge on any atom is -0.324 e. The first-order valence-electron chi connectivity index (χ1n) is 4.00. The van der Waals surface area contributed by atoms with Crippen molar-refractivity contribution in [2.24, 2.45) is 17.6 Å². The molecule has 0 bridgehead atoms. The van der Waals surface area contributed by atoms with Crippen molar-refractivity contribution in [2.75, 3.05) is 6.54 Å². The van der Waals surface area contributed by atoms with Gasteiger partial charge in [-0.2, -0.15) is 5.26 Å². The third-order valence-corrected chi connectivity index (χ3v) is 2.30. The van der Waals surface area contributed by atoms with Gasteiger partial charge in [0.15, 0.2) is 5.78 Å². The molecular formula is C8H10F2N2O. The van der Waals surface area contributed by atoms with Crippen LogP contribution >= 0.6 is 0 Å². The summed E-state index contributed by atoms with van der Waals surface area (Å²) in [6.07, 6.45) is -1.04. The molecule has 0 heterocycles. The molecule has 13 heavy (non-hydrogen) atoms. The van der Waals surface area contributed by atoms with Crippen molar-refractivity contribution < 1.29 is 13.6 Å². The molecule has 1 fully saturated rings. The van der Waals surface area contributed by atoms with Crippen molar-refractivity contribution >= 4 is 5.78 Å². The van der Waals surface area contributed by atoms with Gasteiger partial charge in [0.1, 0.15) is 0 Å². The largest absolute Gasteiger partial charge is 0.324 e. The number of hydrogen-bond donors (Lipinski definition) is 1. The zero-order valence-corrected chi connectivity index (χ0v) is 6.96. The molecule has 0 amide bonds. The van der Waals surface area contributed by atoms with Crippen molar-refractivity contribution in [3.8, 4) is 6.07 Å². The molecule has 1 rings (SSSR count). The van der Waals surface area contributed by atoms with Crippen LogP contribution in [0.3, 0.4) is 0 Å². The first kappa shape index (κ1) is 10.1. The van der Waals surface area contributed by atoms with Gasteiger partial charge in [0.2, 0.25) is 5.92 Å². The molecule has 0 aliphatic heterocycles. The van der Waals surface area contributed by atoms with Crippen molar-refractivity contribution in [3.63, 3.8) is 0 Å². The molecule has 0 aromatic rings. The third kappa shape index (κ3) is 2.01. The van der Waals surface area contributed by atoms with Crippen molar-refractivity contribution in [3.05, 3.63) is 0 Å². The number of ketones is 1. The summed E-state index contributed by atoms with van der Waals surface area (Å²) in [4.78, 5) is 11.1. The van der Waals surface area contributed by atoms with E-state index < -0.39 is 36.4 Å². The molecule has 0 radical (unpaired) electrons. The maximum Gasteiger partial charge on any atom is 0.250 e. The molecule has 0 aromatic carbocycles. The average molecular weight is 188 g/mol. The van der Waals surface area contributed by atoms with E-state index in [1.165, 1.54) is 0 Å². The average Bonchev–Trinajstić information content (AvgIpc) is 2.39. The number of nitriles is 1. The van der Waals surface area contributed by atoms with Crippen molar-refractivity contribution in [1.29, 1.82) is 5.26 Å². The van der Waals surface area contributed by atoms with E-state index in [9.17, 15) is 13.6 Å². The Kier molecular flexibility index (Phi) is 2.62. The van der Waals surface area contributed by atoms with Crippen molar-refractivity contribution in [2.45, 2.75) is 18.8 Å². The van der Waals surface area contributed by atoms with Crippen LogP contribution in [0.25, 0.3) is 0 Å². The molecule has 2 atom stereocenters. The van der Waals surface area contributed by atoms with Gasteiger partial charge < -0.3 is 5.73 Å². The van der Waals surface area contributed by atoms with Gasteiger partial charge in [-0.1, -0.05) is 0 Å². The summed E-state index contributed by atoms with van der Waals surface area (Å²) in [5.74, 6) is -5.06. The predicted molar refractivity (Wildman–Crippen MR) is 40.8 cm³/mol. The van der Waals surface area contributed by atoms with Gasteiger partial charge >= 0.3 is 0 Å². The molecule has 0 spiro atoms. The number of rotatable bonds is 2. The van der Waals surface area contributed by atoms with E-state index in [4.69, 9.17) is 11.0 Å². The summed E-state index contributed by atoms with van der Waals surface area (Å²) in [6, 6.07) is 1.73. The quantitative estimate of drug-likeness (QED) is 0.693. The second-order valence-electron chi connectivity index (χ2n) is 3.28. The summed E-state index contributed by atoms with van der Waals surface area (Å²) in [6.45, 7) is -0.265. The minimum atomic E-state index is -2.88. The van der Waals surface area contributed by atoms with E-state index >= 15 is 0 Å². The van der Waals surface area contributed by atoms with Crippen LogP contribution < -0.4 is 5.73 Å². The number of nitrogens with zero attached hydrogens (tertiary/aromatic N) is 1. The van der Waals surface area contributed by atoms with Crippen LogP contribution in [-0.2, 0) is 4.79 Å². The molecule has 0 saturated heterocycles. The zero-order chi connectivity index (χ0) is 10.1. The highest BCUT2D eigenvalue weighted by Gasteiger charge is 2.48. The van der Waals surface area contributed by atoms with Crippen molar-refractivity contribution in [1.82, 2.24) is 0 Å². The standard InChI is InChI=1S/C8H10F2N2O/c9-8(10)1-5(3-11)6(2-8)7(13)4-12/h5-6H,1-2,4,12H2/t5-,6?/m0/s1. The maximum atomic E-state index is 12.8. The highest BCUT2D eigenvalue weighted by atomic mass is 19.3. The normalized spacial score (nSPS) is 31.2. The number of Topliss-reactive ketones (excluding diaryl/α,β-unsaturated/α-hetero) is 1. The lowest BCUT2D eigenvalue weighted by Gasteiger charge is -2.08. The van der Waals surface area contributed by atoms with Gasteiger partial charge in [0.05, 0.1) is 18.5 Å². The summed E-state index contributed by atoms with van der Waals surface area (Å²) in [5.41, 5.74) is 5.05. The van der Waals surface area contributed by atoms with E-state index in [0.717, 1.165) is 0 Å². The molecule has 1 saturated carbocycles. The maximum absolute atomic E-state index is 12.8. The molecular weight excluding hydrogens is 178 g/mol. The molecule has 1 aliphatic rings. The summed E-state index contributed by atoms with van der Waals surface area (Å²) >= 11 is 0. The Hall–Kier alpha value is -1.02. The number of hydrogen-bond acceptors (Lipinski definition) is 3. The predicted octanol–water partition coefficient (Wildman–Crippen LogP) is 0.699. The molecule has 3 nitrogen and oxygen atoms in total. The lowest BCUT2D eigenvalue weighted by Crippen LogP contribution is -2.25. The second-order valence-corrected chi connectivity index (χ2v) is 3.28. The highest BCUT2D eigenvalue weighted by Crippen LogP contribution is 2.43. The van der Waals surface area contributed by atoms with Crippen LogP contribution in [0.1, 0.15) is 12.8 Å². The van der Waals surface area contributed by atoms with E-state index in [1.807, 2.05) is 0 Å². The van der Waals surface area contributed by atoms with Crippen LogP contribution in [0, 0.1) is 23.2 Å². The van der Waals surface area contributed by atoms with Gasteiger partial charge in [-0.05, 0) is 0 Å². The Balaban J connectivity index is 2.76. The SMILES string of the molecule is N#C[C@@H]1CC(F)(F)CC1C(=O)CN. The Morgan fingerprint density at radius 1 is 1.62 bits per heavy atom. The van der Waals surface area contributed by atoms with Gasteiger partial charge in [-0.25, -0.2) is 8.78 Å². The number of alkyl halides is 2. The monoisotopic (exact) mass is 188 g/mol. The molecule has 72 valence electrons. The first-order valence-corrected chi connectivity index (χ1v) is 4.00. The van der Waals surface area contributed by atoms with E-state index in [2.05, 4.69) is 0 Å². The van der Waals surface area contributed by atoms with Crippen LogP contribution in [-0.4, -0.2) is 18.3 Å². The van der Waals surface area contributed by atoms with Gasteiger partial charge in [0.25, 0.3) is 0 Å². The van der Waals surface area contributed by atoms with Crippen LogP contribution in [0.15, 0.2) is 0 Å². The van der Waals surface area contributed by atoms with Crippen LogP contribution in [0.4, 0.5) is 8.78 Å². The summed E-state index contributed by atoms with van der Waals surface area (Å²) in [5, 5.41) is 8.54. The van der Waals surface area contributed by atoms with Gasteiger partial charge in [0, 0.05) is 18.8 Å². The molecule has 0 aromatic heterocycles. The molecule has 1 aliphatic carbocycles. The number of carbonyl (C=O) groups excluding carboxylic acids is 1. The third-order valence-electron chi connectivity index (χ3n) is 2.30. The van der Waals surface area contributed by atoms with E-state index in [1.54, 1.807) is 6.07 Å². The zero-order valence-electron chi connectivity index (χ0n) is 6.96. The van der Waals surface area contributed by atoms with E-state index in [0.29, 0.717) is 0 Å². The van der Waals surface area contributed by atoms with Gasteiger partial charge in [-0.15, -0.1) is 0 Å². The minimum absolute atomic E-state index is 0.265. The highest BCUT2D eigenvalue weighted by molar-refractivity contribution is 5.83. The Morgan fingerprint density at radius 3 is 2.69 bits per heavy atom. The second kappa shape index (κ2) is 3.38. The van der Waals surface area contributed by atoms with Crippen LogP contribution in [0.5, 0.6) is 0 Å². The van der Waals surface area contributed by atoms with E-state index in [-0.39, 0.29) is 6.54 Å². The number of nitrogens with two attached hydrogens (primary N) is 1. The molecule has 1 unspecified atom stereocenters. The fourth-order valence-electron chi connectivity index (χ4n) is 1.64. The lowest BCUT2D eigenvalue weighted by molar-refractivity contribution is -0.122. The Labute approximate surface area is 74.5 Å². The fourth-order valence-corrected chi connectivity index (χ4v) is 1.64.